The topological polar surface area (TPSA) is 66.8 Å². The Labute approximate surface area is 72.2 Å². The number of carbonyl (C=O) groups excluding carboxylic acids is 1. The molecule has 2 N–H and O–H groups in total. The molecule has 0 rings (SSSR count). The van der Waals surface area contributed by atoms with Crippen LogP contribution >= 0.6 is 0 Å². The van der Waals surface area contributed by atoms with Crippen molar-refractivity contribution in [2.45, 2.75) is 26.4 Å². The molecule has 0 aromatic carbocycles. The summed E-state index contributed by atoms with van der Waals surface area (Å²) >= 11 is 0. The van der Waals surface area contributed by atoms with E-state index < -0.39 is 6.10 Å². The van der Waals surface area contributed by atoms with Crippen molar-refractivity contribution >= 4 is 5.97 Å². The normalized spacial score (nSPS) is 13.1. The van der Waals surface area contributed by atoms with Gasteiger partial charge in [0.25, 0.3) is 0 Å². The molecular weight excluding hydrogens is 160 g/mol. The van der Waals surface area contributed by atoms with Crippen LogP contribution in [-0.4, -0.2) is 35.5 Å². The van der Waals surface area contributed by atoms with Gasteiger partial charge in [-0.05, 0) is 6.42 Å². The molecule has 4 nitrogen and oxygen atoms in total. The molecule has 0 aliphatic heterocycles. The van der Waals surface area contributed by atoms with Crippen molar-refractivity contribution < 1.29 is 19.7 Å². The van der Waals surface area contributed by atoms with Crippen LogP contribution < -0.4 is 0 Å². The Morgan fingerprint density at radius 2 is 1.92 bits per heavy atom. The standard InChI is InChI=1S/C8H16O4/c1-3-6(2)8(11)12-7(4-9)5-10/h6-7,9-10H,3-5H2,1-2H3. The van der Waals surface area contributed by atoms with E-state index >= 15 is 0 Å². The van der Waals surface area contributed by atoms with Crippen LogP contribution in [0.25, 0.3) is 0 Å². The third-order valence-electron chi connectivity index (χ3n) is 1.70. The molecule has 0 saturated heterocycles. The van der Waals surface area contributed by atoms with Gasteiger partial charge in [-0.1, -0.05) is 13.8 Å². The van der Waals surface area contributed by atoms with Crippen LogP contribution in [0.2, 0.25) is 0 Å². The SMILES string of the molecule is CCC(C)C(=O)OC(CO)CO. The van der Waals surface area contributed by atoms with Gasteiger partial charge in [0.05, 0.1) is 19.1 Å². The van der Waals surface area contributed by atoms with E-state index in [0.29, 0.717) is 6.42 Å². The summed E-state index contributed by atoms with van der Waals surface area (Å²) in [5.74, 6) is -0.545. The summed E-state index contributed by atoms with van der Waals surface area (Å²) in [5.41, 5.74) is 0. The van der Waals surface area contributed by atoms with Crippen molar-refractivity contribution in [2.75, 3.05) is 13.2 Å². The smallest absolute Gasteiger partial charge is 0.309 e. The number of aliphatic hydroxyl groups excluding tert-OH is 2. The van der Waals surface area contributed by atoms with Crippen LogP contribution in [0.3, 0.4) is 0 Å². The van der Waals surface area contributed by atoms with Crippen LogP contribution in [0.1, 0.15) is 20.3 Å². The van der Waals surface area contributed by atoms with E-state index in [9.17, 15) is 4.79 Å². The fraction of sp³-hybridized carbons (Fsp3) is 0.875. The minimum absolute atomic E-state index is 0.175. The van der Waals surface area contributed by atoms with E-state index in [-0.39, 0.29) is 25.1 Å². The lowest BCUT2D eigenvalue weighted by atomic mass is 10.1. The third kappa shape index (κ3) is 3.69. The zero-order chi connectivity index (χ0) is 9.56. The van der Waals surface area contributed by atoms with Crippen molar-refractivity contribution in [1.82, 2.24) is 0 Å². The molecule has 0 radical (unpaired) electrons. The average Bonchev–Trinajstić information content (AvgIpc) is 2.12. The summed E-state index contributed by atoms with van der Waals surface area (Å²) < 4.78 is 4.76. The molecule has 1 unspecified atom stereocenters. The Kier molecular flexibility index (Phi) is 5.66. The maximum absolute atomic E-state index is 11.1. The van der Waals surface area contributed by atoms with Gasteiger partial charge in [-0.2, -0.15) is 0 Å². The van der Waals surface area contributed by atoms with Crippen molar-refractivity contribution in [1.29, 1.82) is 0 Å². The monoisotopic (exact) mass is 176 g/mol. The predicted octanol–water partition coefficient (Wildman–Crippen LogP) is -0.0711. The van der Waals surface area contributed by atoms with E-state index in [1.54, 1.807) is 6.92 Å². The van der Waals surface area contributed by atoms with Gasteiger partial charge in [-0.3, -0.25) is 4.79 Å². The second kappa shape index (κ2) is 5.97. The average molecular weight is 176 g/mol. The molecule has 0 aliphatic rings. The number of ether oxygens (including phenoxy) is 1. The van der Waals surface area contributed by atoms with Crippen molar-refractivity contribution in [3.8, 4) is 0 Å². The lowest BCUT2D eigenvalue weighted by molar-refractivity contribution is -0.157. The zero-order valence-electron chi connectivity index (χ0n) is 7.49. The first kappa shape index (κ1) is 11.4. The minimum Gasteiger partial charge on any atom is -0.457 e. The van der Waals surface area contributed by atoms with E-state index in [2.05, 4.69) is 0 Å². The summed E-state index contributed by atoms with van der Waals surface area (Å²) in [7, 11) is 0. The highest BCUT2D eigenvalue weighted by Gasteiger charge is 2.16. The molecule has 0 heterocycles. The third-order valence-corrected chi connectivity index (χ3v) is 1.70. The maximum Gasteiger partial charge on any atom is 0.309 e. The summed E-state index contributed by atoms with van der Waals surface area (Å²) in [6.07, 6.45) is -0.0749. The van der Waals surface area contributed by atoms with Crippen LogP contribution in [0.5, 0.6) is 0 Å². The van der Waals surface area contributed by atoms with E-state index in [1.807, 2.05) is 6.92 Å². The highest BCUT2D eigenvalue weighted by atomic mass is 16.6. The van der Waals surface area contributed by atoms with Gasteiger partial charge in [0.15, 0.2) is 0 Å². The zero-order valence-corrected chi connectivity index (χ0v) is 7.49. The molecule has 0 fully saturated rings. The van der Waals surface area contributed by atoms with Gasteiger partial charge in [0.1, 0.15) is 6.10 Å². The quantitative estimate of drug-likeness (QED) is 0.575. The molecule has 12 heavy (non-hydrogen) atoms. The maximum atomic E-state index is 11.1. The van der Waals surface area contributed by atoms with Crippen LogP contribution in [0.15, 0.2) is 0 Å². The second-order valence-corrected chi connectivity index (χ2v) is 2.73. The molecule has 1 atom stereocenters. The first-order valence-electron chi connectivity index (χ1n) is 4.07. The molecular formula is C8H16O4. The van der Waals surface area contributed by atoms with Gasteiger partial charge in [0, 0.05) is 0 Å². The number of carbonyl (C=O) groups is 1. The van der Waals surface area contributed by atoms with E-state index in [4.69, 9.17) is 14.9 Å². The number of rotatable bonds is 5. The number of esters is 1. The molecule has 0 aliphatic carbocycles. The van der Waals surface area contributed by atoms with Crippen molar-refractivity contribution in [3.63, 3.8) is 0 Å². The minimum atomic E-state index is -0.772. The fourth-order valence-electron chi connectivity index (χ4n) is 0.579. The van der Waals surface area contributed by atoms with Crippen LogP contribution in [0, 0.1) is 5.92 Å². The summed E-state index contributed by atoms with van der Waals surface area (Å²) in [6, 6.07) is 0. The van der Waals surface area contributed by atoms with Crippen LogP contribution in [-0.2, 0) is 9.53 Å². The summed E-state index contributed by atoms with van der Waals surface area (Å²) in [4.78, 5) is 11.1. The van der Waals surface area contributed by atoms with E-state index in [0.717, 1.165) is 0 Å². The van der Waals surface area contributed by atoms with Crippen molar-refractivity contribution in [3.05, 3.63) is 0 Å². The summed E-state index contributed by atoms with van der Waals surface area (Å²) in [6.45, 7) is 2.95. The molecule has 0 aromatic rings. The molecule has 72 valence electrons. The Bertz CT molecular complexity index is 131. The molecule has 4 heteroatoms. The molecule has 0 spiro atoms. The Hall–Kier alpha value is -0.610. The Morgan fingerprint density at radius 3 is 2.25 bits per heavy atom. The van der Waals surface area contributed by atoms with E-state index in [1.165, 1.54) is 0 Å². The Balaban J connectivity index is 3.81. The first-order valence-corrected chi connectivity index (χ1v) is 4.07. The molecule has 0 aromatic heterocycles. The second-order valence-electron chi connectivity index (χ2n) is 2.73. The molecule has 0 amide bonds. The van der Waals surface area contributed by atoms with Gasteiger partial charge in [-0.25, -0.2) is 0 Å². The summed E-state index contributed by atoms with van der Waals surface area (Å²) in [5, 5.41) is 17.2. The number of aliphatic hydroxyl groups is 2. The van der Waals surface area contributed by atoms with Gasteiger partial charge >= 0.3 is 5.97 Å². The van der Waals surface area contributed by atoms with Crippen LogP contribution in [0.4, 0.5) is 0 Å². The van der Waals surface area contributed by atoms with Crippen molar-refractivity contribution in [2.24, 2.45) is 5.92 Å². The lowest BCUT2D eigenvalue weighted by Crippen LogP contribution is -2.28. The molecule has 0 saturated carbocycles. The van der Waals surface area contributed by atoms with Gasteiger partial charge < -0.3 is 14.9 Å². The first-order chi connectivity index (χ1) is 5.65. The fourth-order valence-corrected chi connectivity index (χ4v) is 0.579. The number of hydrogen-bond acceptors (Lipinski definition) is 4. The Morgan fingerprint density at radius 1 is 1.42 bits per heavy atom. The largest absolute Gasteiger partial charge is 0.457 e. The highest BCUT2D eigenvalue weighted by molar-refractivity contribution is 5.72. The predicted molar refractivity (Wildman–Crippen MR) is 43.5 cm³/mol. The number of hydrogen-bond donors (Lipinski definition) is 2. The van der Waals surface area contributed by atoms with Gasteiger partial charge in [-0.15, -0.1) is 0 Å². The lowest BCUT2D eigenvalue weighted by Gasteiger charge is -2.15. The van der Waals surface area contributed by atoms with Gasteiger partial charge in [0.2, 0.25) is 0 Å². The molecule has 0 bridgehead atoms. The highest BCUT2D eigenvalue weighted by Crippen LogP contribution is 2.05.